The number of amides is 1. The predicted molar refractivity (Wildman–Crippen MR) is 166 cm³/mol. The molecule has 1 atom stereocenters. The van der Waals surface area contributed by atoms with E-state index in [1.54, 1.807) is 31.3 Å². The van der Waals surface area contributed by atoms with Gasteiger partial charge in [-0.15, -0.1) is 0 Å². The Labute approximate surface area is 247 Å². The van der Waals surface area contributed by atoms with E-state index in [-0.39, 0.29) is 24.1 Å². The maximum atomic E-state index is 13.4. The predicted octanol–water partition coefficient (Wildman–Crippen LogP) is 4.87. The number of rotatable bonds is 8. The molecule has 11 heteroatoms. The monoisotopic (exact) mass is 609 g/mol. The lowest BCUT2D eigenvalue weighted by Crippen LogP contribution is -2.40. The van der Waals surface area contributed by atoms with E-state index in [4.69, 9.17) is 4.42 Å². The molecule has 5 rings (SSSR count). The lowest BCUT2D eigenvalue weighted by molar-refractivity contribution is 0.0964. The lowest BCUT2D eigenvalue weighted by Gasteiger charge is -2.34. The molecule has 4 aromatic rings. The molecule has 0 bridgehead atoms. The number of nitrogens with one attached hydrogen (secondary N) is 1. The second-order valence-electron chi connectivity index (χ2n) is 10.8. The molecule has 222 valence electrons. The van der Waals surface area contributed by atoms with Crippen molar-refractivity contribution in [2.75, 3.05) is 37.7 Å². The van der Waals surface area contributed by atoms with Crippen LogP contribution in [0, 0.1) is 6.92 Å². The first-order valence-electron chi connectivity index (χ1n) is 13.7. The molecular weight excluding hydrogens is 574 g/mol. The summed E-state index contributed by atoms with van der Waals surface area (Å²) in [5.74, 6) is -0.374. The Kier molecular flexibility index (Phi) is 8.19. The fourth-order valence-corrected chi connectivity index (χ4v) is 7.64. The highest BCUT2D eigenvalue weighted by Gasteiger charge is 2.33. The Balaban J connectivity index is 1.64. The summed E-state index contributed by atoms with van der Waals surface area (Å²) < 4.78 is 61.3. The molecule has 1 aromatic heterocycles. The third kappa shape index (κ3) is 5.95. The van der Waals surface area contributed by atoms with Gasteiger partial charge in [-0.1, -0.05) is 60.2 Å². The van der Waals surface area contributed by atoms with Crippen LogP contribution in [0.4, 0.5) is 5.69 Å². The Hall–Kier alpha value is -3.67. The second-order valence-corrected chi connectivity index (χ2v) is 14.8. The van der Waals surface area contributed by atoms with Crippen LogP contribution in [0.1, 0.15) is 45.8 Å². The lowest BCUT2D eigenvalue weighted by atomic mass is 9.89. The highest BCUT2D eigenvalue weighted by atomic mass is 32.2. The van der Waals surface area contributed by atoms with Gasteiger partial charge in [-0.05, 0) is 42.9 Å². The van der Waals surface area contributed by atoms with Crippen molar-refractivity contribution in [3.63, 3.8) is 0 Å². The van der Waals surface area contributed by atoms with Crippen LogP contribution in [0.3, 0.4) is 0 Å². The zero-order valence-electron chi connectivity index (χ0n) is 24.1. The molecule has 0 unspecified atom stereocenters. The van der Waals surface area contributed by atoms with Crippen LogP contribution in [0.25, 0.3) is 22.3 Å². The third-order valence-electron chi connectivity index (χ3n) is 7.85. The van der Waals surface area contributed by atoms with Crippen LogP contribution in [0.2, 0.25) is 0 Å². The number of furan rings is 1. The summed E-state index contributed by atoms with van der Waals surface area (Å²) in [7, 11) is -4.28. The first kappa shape index (κ1) is 29.8. The smallest absolute Gasteiger partial charge is 0.255 e. The molecule has 1 aliphatic heterocycles. The minimum Gasteiger partial charge on any atom is -0.455 e. The van der Waals surface area contributed by atoms with Gasteiger partial charge >= 0.3 is 0 Å². The van der Waals surface area contributed by atoms with E-state index in [1.165, 1.54) is 15.7 Å². The summed E-state index contributed by atoms with van der Waals surface area (Å²) in [6, 6.07) is 20.1. The largest absolute Gasteiger partial charge is 0.455 e. The maximum Gasteiger partial charge on any atom is 0.255 e. The number of benzene rings is 3. The molecule has 0 aliphatic carbocycles. The molecule has 1 aliphatic rings. The zero-order chi connectivity index (χ0) is 30.2. The summed E-state index contributed by atoms with van der Waals surface area (Å²) in [5.41, 5.74) is 4.22. The fraction of sp³-hybridized carbons (Fsp3) is 0.323. The molecule has 1 saturated heterocycles. The molecular formula is C31H35N3O6S2. The van der Waals surface area contributed by atoms with Gasteiger partial charge in [-0.25, -0.2) is 21.1 Å². The van der Waals surface area contributed by atoms with E-state index in [0.29, 0.717) is 64.1 Å². The molecule has 42 heavy (non-hydrogen) atoms. The van der Waals surface area contributed by atoms with Gasteiger partial charge in [0.1, 0.15) is 11.3 Å². The van der Waals surface area contributed by atoms with Gasteiger partial charge in [0.25, 0.3) is 5.91 Å². The van der Waals surface area contributed by atoms with E-state index in [9.17, 15) is 21.6 Å². The van der Waals surface area contributed by atoms with Crippen molar-refractivity contribution in [3.8, 4) is 11.3 Å². The Morgan fingerprint density at radius 1 is 1.05 bits per heavy atom. The van der Waals surface area contributed by atoms with Crippen LogP contribution in [-0.2, 0) is 25.8 Å². The average Bonchev–Trinajstić information content (AvgIpc) is 3.34. The van der Waals surface area contributed by atoms with E-state index >= 15 is 0 Å². The van der Waals surface area contributed by atoms with E-state index in [2.05, 4.69) is 5.32 Å². The van der Waals surface area contributed by atoms with Crippen molar-refractivity contribution in [1.82, 2.24) is 9.62 Å². The zero-order valence-corrected chi connectivity index (χ0v) is 25.8. The number of anilines is 1. The molecule has 9 nitrogen and oxygen atoms in total. The van der Waals surface area contributed by atoms with Gasteiger partial charge in [-0.2, -0.15) is 0 Å². The normalized spacial score (nSPS) is 16.4. The number of hydrogen-bond donors (Lipinski definition) is 1. The van der Waals surface area contributed by atoms with Crippen molar-refractivity contribution >= 4 is 42.6 Å². The molecule has 1 amide bonds. The third-order valence-corrected chi connectivity index (χ3v) is 10.9. The van der Waals surface area contributed by atoms with Gasteiger partial charge in [-0.3, -0.25) is 9.10 Å². The van der Waals surface area contributed by atoms with Gasteiger partial charge in [0, 0.05) is 44.2 Å². The van der Waals surface area contributed by atoms with Crippen LogP contribution < -0.4 is 9.62 Å². The molecule has 0 radical (unpaired) electrons. The summed E-state index contributed by atoms with van der Waals surface area (Å²) in [5, 5.41) is 3.24. The summed E-state index contributed by atoms with van der Waals surface area (Å²) in [4.78, 5) is 13.2. The number of carbonyl (C=O) groups excluding carboxylic acids is 1. The van der Waals surface area contributed by atoms with Crippen LogP contribution >= 0.6 is 0 Å². The number of aryl methyl sites for hydroxylation is 1. The van der Waals surface area contributed by atoms with Crippen molar-refractivity contribution in [2.24, 2.45) is 0 Å². The molecule has 0 spiro atoms. The number of fused-ring (bicyclic) bond motifs is 1. The minimum absolute atomic E-state index is 0.113. The number of piperidine rings is 1. The minimum atomic E-state index is -3.67. The summed E-state index contributed by atoms with van der Waals surface area (Å²) in [6.07, 6.45) is 2.39. The van der Waals surface area contributed by atoms with Gasteiger partial charge in [0.2, 0.25) is 20.0 Å². The number of sulfonamides is 2. The Bertz CT molecular complexity index is 1830. The quantitative estimate of drug-likeness (QED) is 0.305. The fourth-order valence-electron chi connectivity index (χ4n) is 5.51. The van der Waals surface area contributed by atoms with Gasteiger partial charge in [0.05, 0.1) is 23.3 Å². The van der Waals surface area contributed by atoms with Gasteiger partial charge in [0.15, 0.2) is 0 Å². The second kappa shape index (κ2) is 11.5. The summed E-state index contributed by atoms with van der Waals surface area (Å²) >= 11 is 0. The van der Waals surface area contributed by atoms with Crippen LogP contribution in [0.5, 0.6) is 0 Å². The Morgan fingerprint density at radius 3 is 2.38 bits per heavy atom. The highest BCUT2D eigenvalue weighted by molar-refractivity contribution is 7.92. The molecule has 1 N–H and O–H groups in total. The number of carbonyl (C=O) groups is 1. The first-order chi connectivity index (χ1) is 19.9. The summed E-state index contributed by atoms with van der Waals surface area (Å²) in [6.45, 7) is 2.55. The van der Waals surface area contributed by atoms with Crippen molar-refractivity contribution in [3.05, 3.63) is 89.0 Å². The first-order valence-corrected chi connectivity index (χ1v) is 17.2. The molecule has 1 fully saturated rings. The number of hydrogen-bond acceptors (Lipinski definition) is 6. The van der Waals surface area contributed by atoms with Crippen molar-refractivity contribution in [1.29, 1.82) is 0 Å². The highest BCUT2D eigenvalue weighted by Crippen LogP contribution is 2.42. The molecule has 0 saturated carbocycles. The molecule has 3 aromatic carbocycles. The molecule has 2 heterocycles. The topological polar surface area (TPSA) is 117 Å². The van der Waals surface area contributed by atoms with E-state index in [1.807, 2.05) is 49.4 Å². The average molecular weight is 610 g/mol. The van der Waals surface area contributed by atoms with Crippen molar-refractivity contribution < 1.29 is 26.0 Å². The maximum absolute atomic E-state index is 13.4. The number of nitrogens with zero attached hydrogens (tertiary/aromatic N) is 2. The van der Waals surface area contributed by atoms with Crippen LogP contribution in [0.15, 0.2) is 71.1 Å². The van der Waals surface area contributed by atoms with E-state index < -0.39 is 20.0 Å². The SMILES string of the molecule is CNC(=O)c1c(-c2ccc(C)cc2)oc2cc(N(C)S(C)(=O)=O)c([C@@H]3CCCN(S(=O)(=O)Cc4ccccc4)C3)cc12. The standard InChI is InChI=1S/C31H35N3O6S2/c1-21-12-14-23(15-13-21)30-29(31(35)32-2)26-17-25(27(18-28(26)40-30)33(3)41(4,36)37)24-11-8-16-34(19-24)42(38,39)20-22-9-6-5-7-10-22/h5-7,9-10,12-15,17-18,24H,8,11,16,19-20H2,1-4H3,(H,32,35)/t24-/m1/s1. The van der Waals surface area contributed by atoms with Gasteiger partial charge < -0.3 is 9.73 Å². The van der Waals surface area contributed by atoms with E-state index in [0.717, 1.165) is 11.8 Å². The van der Waals surface area contributed by atoms with Crippen LogP contribution in [-0.4, -0.2) is 60.5 Å². The van der Waals surface area contributed by atoms with Crippen molar-refractivity contribution in [2.45, 2.75) is 31.4 Å². The Morgan fingerprint density at radius 2 is 1.74 bits per heavy atom.